The van der Waals surface area contributed by atoms with Crippen LogP contribution in [0, 0.1) is 0 Å². The van der Waals surface area contributed by atoms with Crippen molar-refractivity contribution in [1.82, 2.24) is 5.32 Å². The Morgan fingerprint density at radius 1 is 1.17 bits per heavy atom. The molecule has 24 heavy (non-hydrogen) atoms. The van der Waals surface area contributed by atoms with Gasteiger partial charge in [0.1, 0.15) is 5.75 Å². The Morgan fingerprint density at radius 2 is 1.75 bits per heavy atom. The molecule has 2 N–H and O–H groups in total. The molecule has 0 heterocycles. The highest BCUT2D eigenvalue weighted by atomic mass is 35.5. The summed E-state index contributed by atoms with van der Waals surface area (Å²) in [5.41, 5.74) is 1.63. The van der Waals surface area contributed by atoms with Crippen LogP contribution in [0.25, 0.3) is 0 Å². The van der Waals surface area contributed by atoms with Crippen LogP contribution in [0.4, 0.5) is 5.69 Å². The fourth-order valence-electron chi connectivity index (χ4n) is 2.55. The van der Waals surface area contributed by atoms with E-state index in [0.717, 1.165) is 11.3 Å². The smallest absolute Gasteiger partial charge is 0.251 e. The van der Waals surface area contributed by atoms with E-state index < -0.39 is 18.1 Å². The van der Waals surface area contributed by atoms with Gasteiger partial charge in [-0.1, -0.05) is 23.7 Å². The highest BCUT2D eigenvalue weighted by molar-refractivity contribution is 6.30. The number of rotatable bonds is 6. The number of carbonyl (C=O) groups excluding carboxylic acids is 1. The quantitative estimate of drug-likeness (QED) is 0.842. The van der Waals surface area contributed by atoms with Gasteiger partial charge >= 0.3 is 0 Å². The third kappa shape index (κ3) is 3.99. The van der Waals surface area contributed by atoms with Crippen molar-refractivity contribution in [3.63, 3.8) is 0 Å². The summed E-state index contributed by atoms with van der Waals surface area (Å²) in [6.07, 6.45) is -1.23. The summed E-state index contributed by atoms with van der Waals surface area (Å²) in [5.74, 6) is 0.262. The Balaban J connectivity index is 2.40. The molecular formula is C18H21ClN2O3. The molecule has 0 aliphatic carbocycles. The van der Waals surface area contributed by atoms with Crippen molar-refractivity contribution in [3.05, 3.63) is 59.1 Å². The van der Waals surface area contributed by atoms with Crippen molar-refractivity contribution in [1.29, 1.82) is 0 Å². The maximum atomic E-state index is 12.0. The number of benzene rings is 2. The Morgan fingerprint density at radius 3 is 2.25 bits per heavy atom. The average Bonchev–Trinajstić information content (AvgIpc) is 2.62. The van der Waals surface area contributed by atoms with Gasteiger partial charge in [0, 0.05) is 24.8 Å². The van der Waals surface area contributed by atoms with Crippen molar-refractivity contribution in [2.24, 2.45) is 0 Å². The summed E-state index contributed by atoms with van der Waals surface area (Å²) in [4.78, 5) is 13.9. The van der Waals surface area contributed by atoms with E-state index in [9.17, 15) is 9.90 Å². The van der Waals surface area contributed by atoms with E-state index in [4.69, 9.17) is 16.3 Å². The highest BCUT2D eigenvalue weighted by Crippen LogP contribution is 2.30. The van der Waals surface area contributed by atoms with Gasteiger partial charge in [0.15, 0.2) is 6.10 Å². The SMILES string of the molecule is CNC(=O)C(O)C(c1ccc(OC)cc1)N(C)c1ccc(Cl)cc1. The standard InChI is InChI=1S/C18H21ClN2O3/c1-20-18(23)17(22)16(12-4-10-15(24-3)11-5-12)21(2)14-8-6-13(19)7-9-14/h4-11,16-17,22H,1-3H3,(H,20,23). The molecule has 0 radical (unpaired) electrons. The van der Waals surface area contributed by atoms with Gasteiger partial charge in [-0.15, -0.1) is 0 Å². The van der Waals surface area contributed by atoms with Crippen molar-refractivity contribution < 1.29 is 14.6 Å². The van der Waals surface area contributed by atoms with Crippen LogP contribution in [-0.4, -0.2) is 38.3 Å². The van der Waals surface area contributed by atoms with Gasteiger partial charge in [0.25, 0.3) is 5.91 Å². The molecule has 2 aromatic rings. The third-order valence-corrected chi connectivity index (χ3v) is 4.17. The molecule has 0 aliphatic rings. The van der Waals surface area contributed by atoms with Gasteiger partial charge in [-0.25, -0.2) is 0 Å². The van der Waals surface area contributed by atoms with E-state index in [1.54, 1.807) is 31.4 Å². The number of nitrogens with one attached hydrogen (secondary N) is 1. The zero-order valence-electron chi connectivity index (χ0n) is 13.9. The predicted molar refractivity (Wildman–Crippen MR) is 95.7 cm³/mol. The summed E-state index contributed by atoms with van der Waals surface area (Å²) in [7, 11) is 4.91. The van der Waals surface area contributed by atoms with Crippen LogP contribution in [0.15, 0.2) is 48.5 Å². The zero-order valence-corrected chi connectivity index (χ0v) is 14.6. The molecule has 1 amide bonds. The van der Waals surface area contributed by atoms with E-state index in [1.807, 2.05) is 36.2 Å². The Kier molecular flexibility index (Phi) is 6.06. The topological polar surface area (TPSA) is 61.8 Å². The molecule has 0 fully saturated rings. The number of carbonyl (C=O) groups is 1. The number of hydrogen-bond acceptors (Lipinski definition) is 4. The highest BCUT2D eigenvalue weighted by Gasteiger charge is 2.30. The number of aliphatic hydroxyl groups is 1. The average molecular weight is 349 g/mol. The molecule has 2 aromatic carbocycles. The van der Waals surface area contributed by atoms with Gasteiger partial charge in [-0.3, -0.25) is 4.79 Å². The van der Waals surface area contributed by atoms with Gasteiger partial charge in [-0.2, -0.15) is 0 Å². The molecule has 0 aromatic heterocycles. The molecular weight excluding hydrogens is 328 g/mol. The van der Waals surface area contributed by atoms with Crippen LogP contribution >= 0.6 is 11.6 Å². The molecule has 2 rings (SSSR count). The maximum Gasteiger partial charge on any atom is 0.251 e. The second-order valence-electron chi connectivity index (χ2n) is 5.36. The lowest BCUT2D eigenvalue weighted by atomic mass is 9.98. The number of hydrogen-bond donors (Lipinski definition) is 2. The Labute approximate surface area is 146 Å². The second-order valence-corrected chi connectivity index (χ2v) is 5.80. The number of ether oxygens (including phenoxy) is 1. The zero-order chi connectivity index (χ0) is 17.7. The van der Waals surface area contributed by atoms with Crippen molar-refractivity contribution >= 4 is 23.2 Å². The van der Waals surface area contributed by atoms with E-state index in [2.05, 4.69) is 5.32 Å². The van der Waals surface area contributed by atoms with Crippen molar-refractivity contribution in [2.75, 3.05) is 26.1 Å². The first kappa shape index (κ1) is 18.1. The minimum atomic E-state index is -1.23. The largest absolute Gasteiger partial charge is 0.497 e. The lowest BCUT2D eigenvalue weighted by Crippen LogP contribution is -2.43. The van der Waals surface area contributed by atoms with E-state index >= 15 is 0 Å². The van der Waals surface area contributed by atoms with Crippen LogP contribution in [0.1, 0.15) is 11.6 Å². The summed E-state index contributed by atoms with van der Waals surface area (Å²) in [6, 6.07) is 13.9. The van der Waals surface area contributed by atoms with Crippen LogP contribution in [0.3, 0.4) is 0 Å². The van der Waals surface area contributed by atoms with Crippen molar-refractivity contribution in [3.8, 4) is 5.75 Å². The number of aliphatic hydroxyl groups excluding tert-OH is 1. The molecule has 5 nitrogen and oxygen atoms in total. The Hall–Kier alpha value is -2.24. The summed E-state index contributed by atoms with van der Waals surface area (Å²) in [6.45, 7) is 0. The molecule has 0 spiro atoms. The van der Waals surface area contributed by atoms with E-state index in [1.165, 1.54) is 7.05 Å². The van der Waals surface area contributed by atoms with Gasteiger partial charge < -0.3 is 20.1 Å². The number of nitrogens with zero attached hydrogens (tertiary/aromatic N) is 1. The lowest BCUT2D eigenvalue weighted by molar-refractivity contribution is -0.129. The molecule has 0 saturated carbocycles. The first-order chi connectivity index (χ1) is 11.5. The molecule has 0 bridgehead atoms. The first-order valence-electron chi connectivity index (χ1n) is 7.50. The minimum Gasteiger partial charge on any atom is -0.497 e. The number of likely N-dealkylation sites (N-methyl/N-ethyl adjacent to an activating group) is 2. The van der Waals surface area contributed by atoms with Gasteiger partial charge in [0.2, 0.25) is 0 Å². The number of methoxy groups -OCH3 is 1. The van der Waals surface area contributed by atoms with Crippen LogP contribution in [0.5, 0.6) is 5.75 Å². The molecule has 0 aliphatic heterocycles. The lowest BCUT2D eigenvalue weighted by Gasteiger charge is -2.33. The van der Waals surface area contributed by atoms with Crippen molar-refractivity contribution in [2.45, 2.75) is 12.1 Å². The summed E-state index contributed by atoms with van der Waals surface area (Å²) >= 11 is 5.94. The van der Waals surface area contributed by atoms with Gasteiger partial charge in [-0.05, 0) is 42.0 Å². The van der Waals surface area contributed by atoms with Crippen LogP contribution in [0.2, 0.25) is 5.02 Å². The number of halogens is 1. The minimum absolute atomic E-state index is 0.448. The summed E-state index contributed by atoms with van der Waals surface area (Å²) < 4.78 is 5.17. The molecule has 0 saturated heterocycles. The third-order valence-electron chi connectivity index (χ3n) is 3.92. The number of anilines is 1. The number of amides is 1. The monoisotopic (exact) mass is 348 g/mol. The molecule has 2 unspecified atom stereocenters. The predicted octanol–water partition coefficient (Wildman–Crippen LogP) is 2.63. The van der Waals surface area contributed by atoms with Gasteiger partial charge in [0.05, 0.1) is 13.2 Å². The van der Waals surface area contributed by atoms with E-state index in [0.29, 0.717) is 10.8 Å². The molecule has 2 atom stereocenters. The fourth-order valence-corrected chi connectivity index (χ4v) is 2.67. The fraction of sp³-hybridized carbons (Fsp3) is 0.278. The molecule has 128 valence electrons. The van der Waals surface area contributed by atoms with E-state index in [-0.39, 0.29) is 0 Å². The second kappa shape index (κ2) is 8.04. The first-order valence-corrected chi connectivity index (χ1v) is 7.87. The van der Waals surface area contributed by atoms with Crippen LogP contribution < -0.4 is 15.0 Å². The van der Waals surface area contributed by atoms with Crippen LogP contribution in [-0.2, 0) is 4.79 Å². The normalized spacial score (nSPS) is 13.0. The Bertz CT molecular complexity index is 674. The maximum absolute atomic E-state index is 12.0. The molecule has 6 heteroatoms. The summed E-state index contributed by atoms with van der Waals surface area (Å²) in [5, 5.41) is 13.6.